The van der Waals surface area contributed by atoms with E-state index in [4.69, 9.17) is 0 Å². The lowest BCUT2D eigenvalue weighted by Crippen LogP contribution is -2.19. The van der Waals surface area contributed by atoms with E-state index in [1.807, 2.05) is 6.07 Å². The van der Waals surface area contributed by atoms with Crippen LogP contribution >= 0.6 is 15.9 Å². The van der Waals surface area contributed by atoms with Crippen molar-refractivity contribution < 1.29 is 13.5 Å². The van der Waals surface area contributed by atoms with Crippen LogP contribution in [0.15, 0.2) is 35.1 Å². The number of nitrogens with zero attached hydrogens (tertiary/aromatic N) is 3. The smallest absolute Gasteiger partial charge is 0.387 e. The Morgan fingerprint density at radius 2 is 2.00 bits per heavy atom. The molecule has 1 saturated heterocycles. The number of aromatic nitrogens is 2. The molecular formula is C16H17BrF2N4O. The summed E-state index contributed by atoms with van der Waals surface area (Å²) in [5, 5.41) is 3.14. The van der Waals surface area contributed by atoms with Crippen molar-refractivity contribution in [2.24, 2.45) is 0 Å². The Morgan fingerprint density at radius 1 is 1.21 bits per heavy atom. The molecule has 0 atom stereocenters. The third-order valence-corrected chi connectivity index (χ3v) is 4.27. The molecule has 1 N–H and O–H groups in total. The van der Waals surface area contributed by atoms with Crippen molar-refractivity contribution in [1.29, 1.82) is 0 Å². The van der Waals surface area contributed by atoms with E-state index in [-0.39, 0.29) is 5.75 Å². The number of anilines is 2. The first kappa shape index (κ1) is 16.9. The zero-order chi connectivity index (χ0) is 16.9. The molecule has 1 aliphatic rings. The molecule has 0 saturated carbocycles. The first-order valence-electron chi connectivity index (χ1n) is 7.66. The Labute approximate surface area is 147 Å². The molecule has 1 fully saturated rings. The van der Waals surface area contributed by atoms with Gasteiger partial charge in [0.2, 0.25) is 0 Å². The minimum Gasteiger partial charge on any atom is -0.434 e. The van der Waals surface area contributed by atoms with Crippen molar-refractivity contribution in [3.8, 4) is 5.75 Å². The molecule has 128 valence electrons. The Balaban J connectivity index is 1.71. The number of hydrogen-bond donors (Lipinski definition) is 1. The van der Waals surface area contributed by atoms with Gasteiger partial charge in [0.1, 0.15) is 23.7 Å². The fourth-order valence-corrected chi connectivity index (χ4v) is 3.05. The predicted octanol–water partition coefficient (Wildman–Crippen LogP) is 4.05. The summed E-state index contributed by atoms with van der Waals surface area (Å²) in [7, 11) is 0. The van der Waals surface area contributed by atoms with Gasteiger partial charge in [-0.3, -0.25) is 0 Å². The highest BCUT2D eigenvalue weighted by atomic mass is 79.9. The second kappa shape index (κ2) is 7.74. The van der Waals surface area contributed by atoms with E-state index >= 15 is 0 Å². The summed E-state index contributed by atoms with van der Waals surface area (Å²) in [6.45, 7) is -0.549. The minimum absolute atomic E-state index is 0.148. The van der Waals surface area contributed by atoms with Crippen LogP contribution in [0.5, 0.6) is 5.75 Å². The number of nitrogens with one attached hydrogen (secondary N) is 1. The zero-order valence-electron chi connectivity index (χ0n) is 12.9. The van der Waals surface area contributed by atoms with Gasteiger partial charge in [0.15, 0.2) is 0 Å². The number of ether oxygens (including phenoxy) is 1. The van der Waals surface area contributed by atoms with Crippen molar-refractivity contribution in [1.82, 2.24) is 9.97 Å². The van der Waals surface area contributed by atoms with Crippen LogP contribution in [0.25, 0.3) is 0 Å². The highest BCUT2D eigenvalue weighted by Crippen LogP contribution is 2.26. The second-order valence-corrected chi connectivity index (χ2v) is 6.36. The molecule has 0 bridgehead atoms. The molecule has 2 aromatic rings. The van der Waals surface area contributed by atoms with Crippen LogP contribution < -0.4 is 15.0 Å². The molecule has 0 spiro atoms. The number of benzene rings is 1. The van der Waals surface area contributed by atoms with E-state index < -0.39 is 6.61 Å². The molecule has 0 radical (unpaired) electrons. The van der Waals surface area contributed by atoms with Crippen LogP contribution in [0.4, 0.5) is 20.4 Å². The maximum Gasteiger partial charge on any atom is 0.387 e. The monoisotopic (exact) mass is 398 g/mol. The van der Waals surface area contributed by atoms with Gasteiger partial charge in [-0.15, -0.1) is 0 Å². The van der Waals surface area contributed by atoms with Crippen LogP contribution in [0.1, 0.15) is 18.4 Å². The van der Waals surface area contributed by atoms with Gasteiger partial charge >= 0.3 is 6.61 Å². The SMILES string of the molecule is FC(F)Oc1ccc(Br)cc1CNc1cc(N2CCCC2)ncn1. The minimum atomic E-state index is -2.86. The summed E-state index contributed by atoms with van der Waals surface area (Å²) >= 11 is 3.34. The lowest BCUT2D eigenvalue weighted by Gasteiger charge is -2.17. The summed E-state index contributed by atoms with van der Waals surface area (Å²) in [6.07, 6.45) is 3.84. The maximum absolute atomic E-state index is 12.5. The molecule has 0 unspecified atom stereocenters. The van der Waals surface area contributed by atoms with Crippen molar-refractivity contribution in [2.75, 3.05) is 23.3 Å². The van der Waals surface area contributed by atoms with Crippen LogP contribution in [0, 0.1) is 0 Å². The molecule has 2 heterocycles. The van der Waals surface area contributed by atoms with Crippen molar-refractivity contribution >= 4 is 27.6 Å². The van der Waals surface area contributed by atoms with Gasteiger partial charge in [-0.05, 0) is 31.0 Å². The molecule has 24 heavy (non-hydrogen) atoms. The largest absolute Gasteiger partial charge is 0.434 e. The summed E-state index contributed by atoms with van der Waals surface area (Å²) < 4.78 is 30.4. The molecule has 1 aromatic carbocycles. The number of alkyl halides is 2. The van der Waals surface area contributed by atoms with Crippen LogP contribution in [0.2, 0.25) is 0 Å². The molecule has 8 heteroatoms. The molecule has 3 rings (SSSR count). The van der Waals surface area contributed by atoms with Crippen molar-refractivity contribution in [2.45, 2.75) is 26.0 Å². The van der Waals surface area contributed by atoms with Gasteiger partial charge in [-0.25, -0.2) is 9.97 Å². The standard InChI is InChI=1S/C16H17BrF2N4O/c17-12-3-4-13(24-16(18)19)11(7-12)9-20-14-8-15(22-10-21-14)23-5-1-2-6-23/h3-4,7-8,10,16H,1-2,5-6,9H2,(H,20,21,22). The third-order valence-electron chi connectivity index (χ3n) is 3.78. The molecule has 1 aromatic heterocycles. The Hall–Kier alpha value is -1.96. The zero-order valence-corrected chi connectivity index (χ0v) is 14.5. The van der Waals surface area contributed by atoms with Crippen LogP contribution in [0.3, 0.4) is 0 Å². The maximum atomic E-state index is 12.5. The first-order valence-corrected chi connectivity index (χ1v) is 8.45. The molecule has 0 aliphatic carbocycles. The van der Waals surface area contributed by atoms with E-state index in [0.29, 0.717) is 17.9 Å². The highest BCUT2D eigenvalue weighted by molar-refractivity contribution is 9.10. The quantitative estimate of drug-likeness (QED) is 0.794. The third kappa shape index (κ3) is 4.31. The fourth-order valence-electron chi connectivity index (χ4n) is 2.65. The Bertz CT molecular complexity index is 696. The average molecular weight is 399 g/mol. The number of rotatable bonds is 6. The van der Waals surface area contributed by atoms with E-state index in [1.54, 1.807) is 12.1 Å². The normalized spacial score (nSPS) is 14.2. The van der Waals surface area contributed by atoms with Gasteiger partial charge in [-0.1, -0.05) is 15.9 Å². The molecular weight excluding hydrogens is 382 g/mol. The summed E-state index contributed by atoms with van der Waals surface area (Å²) in [5.41, 5.74) is 0.617. The highest BCUT2D eigenvalue weighted by Gasteiger charge is 2.14. The lowest BCUT2D eigenvalue weighted by atomic mass is 10.2. The summed E-state index contributed by atoms with van der Waals surface area (Å²) in [5.74, 6) is 1.67. The molecule has 0 amide bonds. The Kier molecular flexibility index (Phi) is 5.44. The molecule has 1 aliphatic heterocycles. The lowest BCUT2D eigenvalue weighted by molar-refractivity contribution is -0.0504. The van der Waals surface area contributed by atoms with Gasteiger partial charge < -0.3 is 15.0 Å². The van der Waals surface area contributed by atoms with Gasteiger partial charge in [-0.2, -0.15) is 8.78 Å². The van der Waals surface area contributed by atoms with Crippen LogP contribution in [-0.4, -0.2) is 29.7 Å². The van der Waals surface area contributed by atoms with E-state index in [0.717, 1.165) is 23.4 Å². The van der Waals surface area contributed by atoms with E-state index in [2.05, 4.69) is 40.9 Å². The number of halogens is 3. The van der Waals surface area contributed by atoms with Crippen molar-refractivity contribution in [3.05, 3.63) is 40.6 Å². The summed E-state index contributed by atoms with van der Waals surface area (Å²) in [6, 6.07) is 6.80. The van der Waals surface area contributed by atoms with Crippen LogP contribution in [-0.2, 0) is 6.54 Å². The van der Waals surface area contributed by atoms with E-state index in [1.165, 1.54) is 25.2 Å². The average Bonchev–Trinajstić information content (AvgIpc) is 3.09. The van der Waals surface area contributed by atoms with Crippen molar-refractivity contribution in [3.63, 3.8) is 0 Å². The predicted molar refractivity (Wildman–Crippen MR) is 91.6 cm³/mol. The van der Waals surface area contributed by atoms with Gasteiger partial charge in [0.25, 0.3) is 0 Å². The Morgan fingerprint density at radius 3 is 2.75 bits per heavy atom. The van der Waals surface area contributed by atoms with E-state index in [9.17, 15) is 8.78 Å². The molecule has 5 nitrogen and oxygen atoms in total. The second-order valence-electron chi connectivity index (χ2n) is 5.44. The fraction of sp³-hybridized carbons (Fsp3) is 0.375. The summed E-state index contributed by atoms with van der Waals surface area (Å²) in [4.78, 5) is 10.7. The number of hydrogen-bond acceptors (Lipinski definition) is 5. The topological polar surface area (TPSA) is 50.3 Å². The van der Waals surface area contributed by atoms with Gasteiger partial charge in [0.05, 0.1) is 0 Å². The van der Waals surface area contributed by atoms with Gasteiger partial charge in [0, 0.05) is 35.7 Å². The first-order chi connectivity index (χ1) is 11.6.